The number of carboxylic acid groups (broad SMARTS) is 1. The van der Waals surface area contributed by atoms with Crippen LogP contribution in [-0.2, 0) is 19.1 Å². The van der Waals surface area contributed by atoms with E-state index in [4.69, 9.17) is 9.84 Å². The van der Waals surface area contributed by atoms with Gasteiger partial charge in [-0.2, -0.15) is 0 Å². The van der Waals surface area contributed by atoms with Crippen LogP contribution in [0.5, 0.6) is 0 Å². The first-order valence-corrected chi connectivity index (χ1v) is 18.4. The molecular weight excluding hydrogens is 646 g/mol. The monoisotopic (exact) mass is 709 g/mol. The lowest BCUT2D eigenvalue weighted by Crippen LogP contribution is -2.62. The summed E-state index contributed by atoms with van der Waals surface area (Å²) in [7, 11) is 0. The Kier molecular flexibility index (Phi) is 11.4. The van der Waals surface area contributed by atoms with E-state index in [-0.39, 0.29) is 29.8 Å². The van der Waals surface area contributed by atoms with E-state index in [1.807, 2.05) is 13.8 Å². The van der Waals surface area contributed by atoms with E-state index in [1.165, 1.54) is 18.1 Å². The number of hydrogen-bond acceptors (Lipinski definition) is 10. The average molecular weight is 710 g/mol. The summed E-state index contributed by atoms with van der Waals surface area (Å²) in [6, 6.07) is 0. The molecular formula is C38H63NO11. The number of carbonyl (C=O) groups is 3. The Morgan fingerprint density at radius 1 is 0.980 bits per heavy atom. The second-order valence-corrected chi connectivity index (χ2v) is 18.2. The number of allylic oxidation sites excluding steroid dienone is 1. The number of esters is 1. The molecule has 8 N–H and O–H groups in total. The summed E-state index contributed by atoms with van der Waals surface area (Å²) in [5.41, 5.74) is -2.56. The minimum Gasteiger partial charge on any atom is -0.480 e. The van der Waals surface area contributed by atoms with Crippen LogP contribution < -0.4 is 5.32 Å². The highest BCUT2D eigenvalue weighted by Gasteiger charge is 2.67. The zero-order valence-electron chi connectivity index (χ0n) is 31.3. The minimum atomic E-state index is -1.79. The molecule has 0 radical (unpaired) electrons. The molecule has 0 aromatic rings. The molecule has 4 rings (SSSR count). The van der Waals surface area contributed by atoms with E-state index < -0.39 is 89.1 Å². The first-order chi connectivity index (χ1) is 22.8. The van der Waals surface area contributed by atoms with E-state index in [0.717, 1.165) is 25.7 Å². The molecule has 0 saturated heterocycles. The van der Waals surface area contributed by atoms with Gasteiger partial charge in [-0.25, -0.2) is 0 Å². The Bertz CT molecular complexity index is 1340. The van der Waals surface area contributed by atoms with Gasteiger partial charge in [-0.1, -0.05) is 45.8 Å². The third-order valence-corrected chi connectivity index (χ3v) is 14.0. The van der Waals surface area contributed by atoms with E-state index in [2.05, 4.69) is 26.1 Å². The first kappa shape index (κ1) is 40.7. The Balaban J connectivity index is 1.55. The van der Waals surface area contributed by atoms with Crippen molar-refractivity contribution in [2.45, 2.75) is 155 Å². The normalized spacial score (nSPS) is 37.4. The van der Waals surface area contributed by atoms with Gasteiger partial charge in [0, 0.05) is 17.4 Å². The number of nitrogens with one attached hydrogen (secondary N) is 1. The number of amides is 1. The van der Waals surface area contributed by atoms with Gasteiger partial charge in [0.05, 0.1) is 42.4 Å². The molecule has 0 spiro atoms. The van der Waals surface area contributed by atoms with Crippen LogP contribution in [0.4, 0.5) is 0 Å². The molecule has 0 bridgehead atoms. The van der Waals surface area contributed by atoms with Crippen LogP contribution in [-0.4, -0.2) is 102 Å². The number of carboxylic acids is 1. The molecule has 11 atom stereocenters. The largest absolute Gasteiger partial charge is 0.480 e. The lowest BCUT2D eigenvalue weighted by molar-refractivity contribution is -0.198. The van der Waals surface area contributed by atoms with Crippen molar-refractivity contribution in [2.24, 2.45) is 39.4 Å². The van der Waals surface area contributed by atoms with E-state index in [9.17, 15) is 45.0 Å². The fraction of sp³-hybridized carbons (Fsp3) is 0.868. The molecule has 1 amide bonds. The van der Waals surface area contributed by atoms with Gasteiger partial charge in [0.1, 0.15) is 12.6 Å². The van der Waals surface area contributed by atoms with Crippen LogP contribution in [0, 0.1) is 39.4 Å². The maximum absolute atomic E-state index is 13.2. The smallest absolute Gasteiger partial charge is 0.322 e. The van der Waals surface area contributed by atoms with Gasteiger partial charge < -0.3 is 45.8 Å². The van der Waals surface area contributed by atoms with Crippen molar-refractivity contribution in [1.29, 1.82) is 0 Å². The summed E-state index contributed by atoms with van der Waals surface area (Å²) in [6.07, 6.45) is 0.358. The van der Waals surface area contributed by atoms with Crippen molar-refractivity contribution < 1.29 is 54.9 Å². The molecule has 50 heavy (non-hydrogen) atoms. The van der Waals surface area contributed by atoms with Crippen molar-refractivity contribution in [2.75, 3.05) is 13.2 Å². The highest BCUT2D eigenvalue weighted by atomic mass is 16.6. The van der Waals surface area contributed by atoms with Gasteiger partial charge >= 0.3 is 11.9 Å². The summed E-state index contributed by atoms with van der Waals surface area (Å²) in [4.78, 5) is 36.0. The van der Waals surface area contributed by atoms with Crippen molar-refractivity contribution in [3.8, 4) is 0 Å². The van der Waals surface area contributed by atoms with E-state index >= 15 is 0 Å². The number of aliphatic carboxylic acids is 1. The third-order valence-electron chi connectivity index (χ3n) is 14.0. The Hall–Kier alpha value is -2.09. The number of carbonyl (C=O) groups excluding carboxylic acids is 2. The molecule has 0 aromatic carbocycles. The number of fused-ring (bicyclic) bond motifs is 4. The topological polar surface area (TPSA) is 214 Å². The maximum atomic E-state index is 13.2. The summed E-state index contributed by atoms with van der Waals surface area (Å²) in [5.74, 6) is -2.84. The molecule has 2 fully saturated rings. The standard InChI is InChI=1S/C38H63NO11/c1-33(2)26-11-10-23-24(15-28(43)38(8)22(13-14-37(23,38)7)21(20-40)9-12-27(42)34(3,4)48)36(26,6)16-25(41)32(33)50-31(47)18-35(5,49)17-29(44)39-19-30(45)46/h21-22,25-28,32,40-43,48-49H,9-20H2,1-8H3,(H,39,44)(H,45,46)/t21-,22+,25+,26-,27+,28-,32-,35-,36+,37-,38-/m0/s1. The molecule has 12 heteroatoms. The number of aliphatic hydroxyl groups excluding tert-OH is 4. The predicted octanol–water partition coefficient (Wildman–Crippen LogP) is 2.84. The fourth-order valence-corrected chi connectivity index (χ4v) is 11.1. The van der Waals surface area contributed by atoms with Crippen molar-refractivity contribution in [3.05, 3.63) is 11.1 Å². The fourth-order valence-electron chi connectivity index (χ4n) is 11.1. The molecule has 2 saturated carbocycles. The van der Waals surface area contributed by atoms with Crippen molar-refractivity contribution in [1.82, 2.24) is 5.32 Å². The summed E-state index contributed by atoms with van der Waals surface area (Å²) >= 11 is 0. The number of rotatable bonds is 13. The van der Waals surface area contributed by atoms with Crippen LogP contribution in [0.15, 0.2) is 11.1 Å². The molecule has 0 aliphatic heterocycles. The third kappa shape index (κ3) is 7.26. The SMILES string of the molecule is CC(C)(O)[C@H](O)CC[C@@H](CO)[C@H]1CC[C@@]2(C)C3=C(C[C@H](O)[C@]12C)[C@@]1(C)C[C@@H](O)[C@H](OC(=O)C[C@@](C)(O)CC(=O)NCC(=O)O)C(C)(C)[C@@H]1CC3. The highest BCUT2D eigenvalue weighted by Crippen LogP contribution is 2.72. The lowest BCUT2D eigenvalue weighted by Gasteiger charge is -2.64. The average Bonchev–Trinajstić information content (AvgIpc) is 3.26. The van der Waals surface area contributed by atoms with Gasteiger partial charge in [0.2, 0.25) is 5.91 Å². The van der Waals surface area contributed by atoms with Gasteiger partial charge in [-0.05, 0) is 101 Å². The number of ether oxygens (including phenoxy) is 1. The Morgan fingerprint density at radius 2 is 1.62 bits per heavy atom. The minimum absolute atomic E-state index is 0.00290. The summed E-state index contributed by atoms with van der Waals surface area (Å²) in [6.45, 7) is 14.3. The molecule has 12 nitrogen and oxygen atoms in total. The maximum Gasteiger partial charge on any atom is 0.322 e. The quantitative estimate of drug-likeness (QED) is 0.103. The van der Waals surface area contributed by atoms with E-state index in [0.29, 0.717) is 25.7 Å². The summed E-state index contributed by atoms with van der Waals surface area (Å²) in [5, 5.41) is 76.9. The zero-order chi connectivity index (χ0) is 37.8. The predicted molar refractivity (Wildman–Crippen MR) is 184 cm³/mol. The van der Waals surface area contributed by atoms with Gasteiger partial charge in [-0.3, -0.25) is 14.4 Å². The molecule has 4 aliphatic rings. The Morgan fingerprint density at radius 3 is 2.20 bits per heavy atom. The van der Waals surface area contributed by atoms with Crippen LogP contribution in [0.2, 0.25) is 0 Å². The highest BCUT2D eigenvalue weighted by molar-refractivity contribution is 5.82. The molecule has 0 aromatic heterocycles. The number of aliphatic hydroxyl groups is 6. The summed E-state index contributed by atoms with van der Waals surface area (Å²) < 4.78 is 5.91. The Labute approximate surface area is 296 Å². The molecule has 0 heterocycles. The molecule has 4 aliphatic carbocycles. The molecule has 0 unspecified atom stereocenters. The second-order valence-electron chi connectivity index (χ2n) is 18.2. The van der Waals surface area contributed by atoms with Crippen LogP contribution in [0.3, 0.4) is 0 Å². The van der Waals surface area contributed by atoms with Gasteiger partial charge in [0.25, 0.3) is 0 Å². The second kappa shape index (κ2) is 14.0. The van der Waals surface area contributed by atoms with Crippen LogP contribution >= 0.6 is 0 Å². The lowest BCUT2D eigenvalue weighted by atomic mass is 9.42. The van der Waals surface area contributed by atoms with Crippen LogP contribution in [0.1, 0.15) is 120 Å². The van der Waals surface area contributed by atoms with Gasteiger partial charge in [-0.15, -0.1) is 0 Å². The van der Waals surface area contributed by atoms with Crippen molar-refractivity contribution in [3.63, 3.8) is 0 Å². The number of hydrogen-bond donors (Lipinski definition) is 8. The van der Waals surface area contributed by atoms with E-state index in [1.54, 1.807) is 13.8 Å². The zero-order valence-corrected chi connectivity index (χ0v) is 31.3. The molecule has 286 valence electrons. The van der Waals surface area contributed by atoms with Gasteiger partial charge in [0.15, 0.2) is 0 Å². The first-order valence-electron chi connectivity index (χ1n) is 18.4. The van der Waals surface area contributed by atoms with Crippen LogP contribution in [0.25, 0.3) is 0 Å². The van der Waals surface area contributed by atoms with Crippen molar-refractivity contribution >= 4 is 17.8 Å².